The van der Waals surface area contributed by atoms with Gasteiger partial charge in [-0.15, -0.1) is 0 Å². The van der Waals surface area contributed by atoms with Gasteiger partial charge in [-0.2, -0.15) is 5.10 Å². The Morgan fingerprint density at radius 3 is 2.56 bits per heavy atom. The van der Waals surface area contributed by atoms with Crippen LogP contribution in [-0.4, -0.2) is 31.7 Å². The normalized spacial score (nSPS) is 18.1. The van der Waals surface area contributed by atoms with E-state index in [1.807, 2.05) is 19.9 Å². The van der Waals surface area contributed by atoms with Crippen LogP contribution in [0.4, 0.5) is 0 Å². The van der Waals surface area contributed by atoms with Crippen LogP contribution in [0.1, 0.15) is 29.2 Å². The van der Waals surface area contributed by atoms with Gasteiger partial charge < -0.3 is 5.32 Å². The van der Waals surface area contributed by atoms with Crippen LogP contribution in [-0.2, 0) is 9.84 Å². The molecule has 25 heavy (non-hydrogen) atoms. The van der Waals surface area contributed by atoms with Crippen molar-refractivity contribution >= 4 is 20.7 Å². The molecule has 2 N–H and O–H groups in total. The minimum absolute atomic E-state index is 0.305. The van der Waals surface area contributed by atoms with E-state index < -0.39 is 9.84 Å². The maximum absolute atomic E-state index is 13.1. The molecule has 0 aliphatic carbocycles. The number of nitrogens with one attached hydrogen (secondary N) is 2. The van der Waals surface area contributed by atoms with Crippen molar-refractivity contribution in [3.8, 4) is 0 Å². The summed E-state index contributed by atoms with van der Waals surface area (Å²) >= 11 is 0. The molecule has 0 saturated carbocycles. The topological polar surface area (TPSA) is 74.8 Å². The fourth-order valence-corrected chi connectivity index (χ4v) is 4.99. The average molecular weight is 355 g/mol. The second kappa shape index (κ2) is 5.97. The van der Waals surface area contributed by atoms with Gasteiger partial charge in [0, 0.05) is 11.9 Å². The zero-order valence-corrected chi connectivity index (χ0v) is 15.2. The summed E-state index contributed by atoms with van der Waals surface area (Å²) in [5.41, 5.74) is 3.92. The largest absolute Gasteiger partial charge is 0.316 e. The Balaban J connectivity index is 1.76. The lowest BCUT2D eigenvalue weighted by Crippen LogP contribution is -2.09. The molecule has 1 aliphatic rings. The van der Waals surface area contributed by atoms with Gasteiger partial charge >= 0.3 is 0 Å². The fourth-order valence-electron chi connectivity index (χ4n) is 3.62. The lowest BCUT2D eigenvalue weighted by molar-refractivity contribution is 0.596. The predicted molar refractivity (Wildman–Crippen MR) is 97.7 cm³/mol. The number of aryl methyl sites for hydroxylation is 2. The van der Waals surface area contributed by atoms with Crippen molar-refractivity contribution in [3.05, 3.63) is 53.2 Å². The minimum atomic E-state index is -3.55. The number of nitrogens with zero attached hydrogens (tertiary/aromatic N) is 1. The zero-order chi connectivity index (χ0) is 17.6. The van der Waals surface area contributed by atoms with Gasteiger partial charge in [0.1, 0.15) is 0 Å². The lowest BCUT2D eigenvalue weighted by Gasteiger charge is -2.14. The number of rotatable bonds is 3. The molecule has 0 bridgehead atoms. The van der Waals surface area contributed by atoms with E-state index in [0.717, 1.165) is 41.7 Å². The number of hydrogen-bond acceptors (Lipinski definition) is 4. The molecule has 1 fully saturated rings. The highest BCUT2D eigenvalue weighted by molar-refractivity contribution is 7.91. The lowest BCUT2D eigenvalue weighted by atomic mass is 9.94. The Morgan fingerprint density at radius 1 is 1.08 bits per heavy atom. The molecule has 2 heterocycles. The molecular weight excluding hydrogens is 334 g/mol. The minimum Gasteiger partial charge on any atom is -0.316 e. The molecular formula is C19H21N3O2S. The summed E-state index contributed by atoms with van der Waals surface area (Å²) in [7, 11) is -3.55. The van der Waals surface area contributed by atoms with Gasteiger partial charge in [-0.05, 0) is 74.2 Å². The van der Waals surface area contributed by atoms with Gasteiger partial charge in [0.25, 0.3) is 0 Å². The van der Waals surface area contributed by atoms with E-state index in [2.05, 4.69) is 15.5 Å². The summed E-state index contributed by atoms with van der Waals surface area (Å²) in [6, 6.07) is 10.6. The summed E-state index contributed by atoms with van der Waals surface area (Å²) < 4.78 is 26.1. The van der Waals surface area contributed by atoms with Crippen molar-refractivity contribution in [1.82, 2.24) is 15.5 Å². The van der Waals surface area contributed by atoms with E-state index in [0.29, 0.717) is 15.7 Å². The molecule has 1 aliphatic heterocycles. The summed E-state index contributed by atoms with van der Waals surface area (Å²) in [4.78, 5) is 0.652. The quantitative estimate of drug-likeness (QED) is 0.757. The van der Waals surface area contributed by atoms with E-state index in [1.165, 1.54) is 5.56 Å². The van der Waals surface area contributed by atoms with E-state index in [-0.39, 0.29) is 0 Å². The number of sulfone groups is 1. The maximum Gasteiger partial charge on any atom is 0.206 e. The molecule has 1 unspecified atom stereocenters. The van der Waals surface area contributed by atoms with Crippen LogP contribution in [0, 0.1) is 13.8 Å². The van der Waals surface area contributed by atoms with Crippen LogP contribution in [0.25, 0.3) is 10.9 Å². The second-order valence-corrected chi connectivity index (χ2v) is 8.68. The van der Waals surface area contributed by atoms with Gasteiger partial charge in [-0.1, -0.05) is 6.07 Å². The van der Waals surface area contributed by atoms with Crippen molar-refractivity contribution in [2.24, 2.45) is 0 Å². The first-order chi connectivity index (χ1) is 12.0. The van der Waals surface area contributed by atoms with E-state index >= 15 is 0 Å². The second-order valence-electron chi connectivity index (χ2n) is 6.73. The molecule has 4 rings (SSSR count). The summed E-state index contributed by atoms with van der Waals surface area (Å²) in [5, 5.41) is 11.2. The molecule has 0 radical (unpaired) electrons. The molecule has 0 amide bonds. The van der Waals surface area contributed by atoms with Gasteiger partial charge in [-0.25, -0.2) is 8.42 Å². The number of hydrogen-bond donors (Lipinski definition) is 2. The Hall–Kier alpha value is -2.18. The van der Waals surface area contributed by atoms with Crippen molar-refractivity contribution in [3.63, 3.8) is 0 Å². The first-order valence-corrected chi connectivity index (χ1v) is 9.96. The predicted octanol–water partition coefficient (Wildman–Crippen LogP) is 3.09. The summed E-state index contributed by atoms with van der Waals surface area (Å²) in [6.07, 6.45) is 1.10. The van der Waals surface area contributed by atoms with Gasteiger partial charge in [0.2, 0.25) is 9.84 Å². The SMILES string of the molecule is Cc1cc(S(=O)(=O)c2ccc3[nH]nc(C)c3c2)ccc1C1CCNC1. The molecule has 0 spiro atoms. The van der Waals surface area contributed by atoms with Gasteiger partial charge in [-0.3, -0.25) is 5.10 Å². The van der Waals surface area contributed by atoms with E-state index in [4.69, 9.17) is 0 Å². The Bertz CT molecular complexity index is 1050. The summed E-state index contributed by atoms with van der Waals surface area (Å²) in [6.45, 7) is 5.84. The van der Waals surface area contributed by atoms with Crippen molar-refractivity contribution < 1.29 is 8.42 Å². The van der Waals surface area contributed by atoms with Crippen molar-refractivity contribution in [1.29, 1.82) is 0 Å². The van der Waals surface area contributed by atoms with Gasteiger partial charge in [0.05, 0.1) is 21.0 Å². The molecule has 2 aromatic carbocycles. The highest BCUT2D eigenvalue weighted by atomic mass is 32.2. The van der Waals surface area contributed by atoms with Crippen molar-refractivity contribution in [2.75, 3.05) is 13.1 Å². The monoisotopic (exact) mass is 355 g/mol. The highest BCUT2D eigenvalue weighted by Gasteiger charge is 2.22. The zero-order valence-electron chi connectivity index (χ0n) is 14.3. The average Bonchev–Trinajstić information content (AvgIpc) is 3.25. The van der Waals surface area contributed by atoms with Crippen LogP contribution in [0.3, 0.4) is 0 Å². The first-order valence-electron chi connectivity index (χ1n) is 8.48. The third kappa shape index (κ3) is 2.75. The Kier molecular flexibility index (Phi) is 3.89. The summed E-state index contributed by atoms with van der Waals surface area (Å²) in [5.74, 6) is 0.474. The van der Waals surface area contributed by atoms with Crippen LogP contribution >= 0.6 is 0 Å². The Morgan fingerprint density at radius 2 is 1.84 bits per heavy atom. The van der Waals surface area contributed by atoms with E-state index in [1.54, 1.807) is 30.3 Å². The molecule has 1 atom stereocenters. The van der Waals surface area contributed by atoms with Crippen molar-refractivity contribution in [2.45, 2.75) is 36.0 Å². The highest BCUT2D eigenvalue weighted by Crippen LogP contribution is 2.30. The van der Waals surface area contributed by atoms with Crippen LogP contribution in [0.5, 0.6) is 0 Å². The van der Waals surface area contributed by atoms with Crippen LogP contribution in [0.15, 0.2) is 46.2 Å². The molecule has 3 aromatic rings. The maximum atomic E-state index is 13.1. The number of fused-ring (bicyclic) bond motifs is 1. The molecule has 130 valence electrons. The van der Waals surface area contributed by atoms with E-state index in [9.17, 15) is 8.42 Å². The number of H-pyrrole nitrogens is 1. The fraction of sp³-hybridized carbons (Fsp3) is 0.316. The molecule has 5 nitrogen and oxygen atoms in total. The number of benzene rings is 2. The third-order valence-corrected chi connectivity index (χ3v) is 6.84. The van der Waals surface area contributed by atoms with Gasteiger partial charge in [0.15, 0.2) is 0 Å². The third-order valence-electron chi connectivity index (χ3n) is 5.09. The first kappa shape index (κ1) is 16.3. The number of aromatic amines is 1. The standard InChI is InChI=1S/C19H21N3O2S/c1-12-9-15(3-5-17(12)14-7-8-20-11-14)25(23,24)16-4-6-19-18(10-16)13(2)21-22-19/h3-6,9-10,14,20H,7-8,11H2,1-2H3,(H,21,22). The molecule has 6 heteroatoms. The van der Waals surface area contributed by atoms with Crippen LogP contribution < -0.4 is 5.32 Å². The Labute approximate surface area is 147 Å². The molecule has 1 aromatic heterocycles. The smallest absolute Gasteiger partial charge is 0.206 e. The molecule has 1 saturated heterocycles. The van der Waals surface area contributed by atoms with Crippen LogP contribution in [0.2, 0.25) is 0 Å². The number of aromatic nitrogens is 2.